The molecule has 0 aliphatic carbocycles. The van der Waals surface area contributed by atoms with Crippen LogP contribution >= 0.6 is 0 Å². The minimum Gasteiger partial charge on any atom is -0.454 e. The average Bonchev–Trinajstić information content (AvgIpc) is 2.71. The monoisotopic (exact) mass is 217 g/mol. The summed E-state index contributed by atoms with van der Waals surface area (Å²) in [7, 11) is 0. The molecule has 1 aromatic heterocycles. The van der Waals surface area contributed by atoms with E-state index in [2.05, 4.69) is 5.10 Å². The summed E-state index contributed by atoms with van der Waals surface area (Å²) >= 11 is 0. The maximum atomic E-state index is 5.74. The predicted molar refractivity (Wildman–Crippen MR) is 63.6 cm³/mol. The van der Waals surface area contributed by atoms with Crippen molar-refractivity contribution in [2.45, 2.75) is 20.4 Å². The van der Waals surface area contributed by atoms with Crippen molar-refractivity contribution < 1.29 is 4.74 Å². The molecule has 2 aromatic rings. The van der Waals surface area contributed by atoms with Gasteiger partial charge in [-0.25, -0.2) is 0 Å². The molecule has 0 bridgehead atoms. The molecule has 84 valence electrons. The zero-order valence-corrected chi connectivity index (χ0v) is 9.47. The molecular weight excluding hydrogens is 202 g/mol. The summed E-state index contributed by atoms with van der Waals surface area (Å²) in [6.45, 7) is 4.83. The van der Waals surface area contributed by atoms with Crippen LogP contribution in [0.3, 0.4) is 0 Å². The van der Waals surface area contributed by atoms with Gasteiger partial charge in [0.25, 0.3) is 0 Å². The van der Waals surface area contributed by atoms with Gasteiger partial charge in [0, 0.05) is 12.2 Å². The van der Waals surface area contributed by atoms with Crippen LogP contribution < -0.4 is 10.5 Å². The normalized spacial score (nSPS) is 10.4. The van der Waals surface area contributed by atoms with Crippen molar-refractivity contribution >= 4 is 5.69 Å². The molecule has 1 aromatic carbocycles. The van der Waals surface area contributed by atoms with Gasteiger partial charge in [-0.05, 0) is 37.6 Å². The summed E-state index contributed by atoms with van der Waals surface area (Å²) in [5, 5.41) is 4.14. The van der Waals surface area contributed by atoms with Gasteiger partial charge in [0.15, 0.2) is 5.75 Å². The Labute approximate surface area is 94.6 Å². The second-order valence-electron chi connectivity index (χ2n) is 3.65. The largest absolute Gasteiger partial charge is 0.454 e. The Morgan fingerprint density at radius 3 is 2.81 bits per heavy atom. The molecular formula is C12H15N3O. The van der Waals surface area contributed by atoms with Gasteiger partial charge in [0.1, 0.15) is 5.75 Å². The molecule has 2 rings (SSSR count). The molecule has 0 aliphatic heterocycles. The van der Waals surface area contributed by atoms with Crippen LogP contribution in [-0.2, 0) is 6.54 Å². The molecule has 0 aliphatic rings. The smallest absolute Gasteiger partial charge is 0.165 e. The molecule has 0 saturated heterocycles. The van der Waals surface area contributed by atoms with Crippen LogP contribution in [0.1, 0.15) is 12.5 Å². The third kappa shape index (κ3) is 2.16. The van der Waals surface area contributed by atoms with Crippen molar-refractivity contribution in [3.8, 4) is 11.5 Å². The number of ether oxygens (including phenoxy) is 1. The molecule has 0 atom stereocenters. The summed E-state index contributed by atoms with van der Waals surface area (Å²) in [6, 6.07) is 5.61. The van der Waals surface area contributed by atoms with E-state index < -0.39 is 0 Å². The van der Waals surface area contributed by atoms with E-state index in [0.717, 1.165) is 29.3 Å². The fourth-order valence-electron chi connectivity index (χ4n) is 1.42. The third-order valence-corrected chi connectivity index (χ3v) is 2.41. The van der Waals surface area contributed by atoms with Crippen LogP contribution in [0.2, 0.25) is 0 Å². The summed E-state index contributed by atoms with van der Waals surface area (Å²) in [5.74, 6) is 1.52. The highest BCUT2D eigenvalue weighted by Crippen LogP contribution is 2.24. The molecule has 4 nitrogen and oxygen atoms in total. The molecule has 0 unspecified atom stereocenters. The fourth-order valence-corrected chi connectivity index (χ4v) is 1.42. The minimum absolute atomic E-state index is 0.742. The molecule has 2 N–H and O–H groups in total. The Kier molecular flexibility index (Phi) is 2.81. The van der Waals surface area contributed by atoms with Crippen molar-refractivity contribution in [2.75, 3.05) is 5.73 Å². The van der Waals surface area contributed by atoms with E-state index in [-0.39, 0.29) is 0 Å². The van der Waals surface area contributed by atoms with Crippen molar-refractivity contribution in [1.82, 2.24) is 9.78 Å². The number of hydrogen-bond acceptors (Lipinski definition) is 3. The van der Waals surface area contributed by atoms with Crippen LogP contribution in [0.5, 0.6) is 11.5 Å². The van der Waals surface area contributed by atoms with E-state index in [1.807, 2.05) is 42.9 Å². The van der Waals surface area contributed by atoms with Crippen molar-refractivity contribution in [3.63, 3.8) is 0 Å². The van der Waals surface area contributed by atoms with Crippen molar-refractivity contribution in [1.29, 1.82) is 0 Å². The van der Waals surface area contributed by atoms with E-state index in [9.17, 15) is 0 Å². The lowest BCUT2D eigenvalue weighted by molar-refractivity contribution is 0.481. The number of benzene rings is 1. The van der Waals surface area contributed by atoms with Gasteiger partial charge in [-0.2, -0.15) is 5.10 Å². The highest BCUT2D eigenvalue weighted by atomic mass is 16.5. The molecule has 16 heavy (non-hydrogen) atoms. The SMILES string of the molecule is CCn1cc(Oc2ccc(N)c(C)c2)cn1. The number of nitrogens with zero attached hydrogens (tertiary/aromatic N) is 2. The summed E-state index contributed by atoms with van der Waals surface area (Å²) in [6.07, 6.45) is 3.57. The number of rotatable bonds is 3. The summed E-state index contributed by atoms with van der Waals surface area (Å²) in [5.41, 5.74) is 7.52. The second-order valence-corrected chi connectivity index (χ2v) is 3.65. The maximum absolute atomic E-state index is 5.74. The number of anilines is 1. The van der Waals surface area contributed by atoms with E-state index in [0.29, 0.717) is 0 Å². The van der Waals surface area contributed by atoms with E-state index >= 15 is 0 Å². The second kappa shape index (κ2) is 4.26. The highest BCUT2D eigenvalue weighted by Gasteiger charge is 2.02. The van der Waals surface area contributed by atoms with Crippen LogP contribution in [0, 0.1) is 6.92 Å². The lowest BCUT2D eigenvalue weighted by atomic mass is 10.2. The average molecular weight is 217 g/mol. The lowest BCUT2D eigenvalue weighted by Crippen LogP contribution is -1.92. The highest BCUT2D eigenvalue weighted by molar-refractivity contribution is 5.50. The number of aromatic nitrogens is 2. The van der Waals surface area contributed by atoms with Gasteiger partial charge in [0.2, 0.25) is 0 Å². The van der Waals surface area contributed by atoms with Crippen molar-refractivity contribution in [2.24, 2.45) is 0 Å². The maximum Gasteiger partial charge on any atom is 0.165 e. The van der Waals surface area contributed by atoms with E-state index in [1.54, 1.807) is 6.20 Å². The Morgan fingerprint density at radius 1 is 1.38 bits per heavy atom. The number of nitrogens with two attached hydrogens (primary N) is 1. The van der Waals surface area contributed by atoms with Gasteiger partial charge in [-0.3, -0.25) is 4.68 Å². The molecule has 0 fully saturated rings. The fraction of sp³-hybridized carbons (Fsp3) is 0.250. The summed E-state index contributed by atoms with van der Waals surface area (Å²) < 4.78 is 7.48. The Balaban J connectivity index is 2.17. The molecule has 0 saturated carbocycles. The first-order chi connectivity index (χ1) is 7.69. The molecule has 4 heteroatoms. The quantitative estimate of drug-likeness (QED) is 0.804. The number of hydrogen-bond donors (Lipinski definition) is 1. The first-order valence-electron chi connectivity index (χ1n) is 5.25. The van der Waals surface area contributed by atoms with Gasteiger partial charge < -0.3 is 10.5 Å². The van der Waals surface area contributed by atoms with E-state index in [1.165, 1.54) is 0 Å². The predicted octanol–water partition coefficient (Wildman–Crippen LogP) is 2.59. The van der Waals surface area contributed by atoms with E-state index in [4.69, 9.17) is 10.5 Å². The number of nitrogen functional groups attached to an aromatic ring is 1. The Bertz CT molecular complexity index is 491. The number of aryl methyl sites for hydroxylation is 2. The van der Waals surface area contributed by atoms with Crippen LogP contribution in [0.15, 0.2) is 30.6 Å². The summed E-state index contributed by atoms with van der Waals surface area (Å²) in [4.78, 5) is 0. The van der Waals surface area contributed by atoms with Gasteiger partial charge in [-0.1, -0.05) is 0 Å². The molecule has 0 radical (unpaired) electrons. The van der Waals surface area contributed by atoms with Gasteiger partial charge in [-0.15, -0.1) is 0 Å². The third-order valence-electron chi connectivity index (χ3n) is 2.41. The van der Waals surface area contributed by atoms with Crippen molar-refractivity contribution in [3.05, 3.63) is 36.2 Å². The first kappa shape index (κ1) is 10.5. The Hall–Kier alpha value is -1.97. The topological polar surface area (TPSA) is 53.1 Å². The van der Waals surface area contributed by atoms with Gasteiger partial charge in [0.05, 0.1) is 12.4 Å². The first-order valence-corrected chi connectivity index (χ1v) is 5.25. The molecule has 1 heterocycles. The van der Waals surface area contributed by atoms with Crippen LogP contribution in [-0.4, -0.2) is 9.78 Å². The Morgan fingerprint density at radius 2 is 2.19 bits per heavy atom. The molecule has 0 amide bonds. The zero-order valence-electron chi connectivity index (χ0n) is 9.47. The van der Waals surface area contributed by atoms with Crippen LogP contribution in [0.25, 0.3) is 0 Å². The van der Waals surface area contributed by atoms with Crippen LogP contribution in [0.4, 0.5) is 5.69 Å². The molecule has 0 spiro atoms. The van der Waals surface area contributed by atoms with Gasteiger partial charge >= 0.3 is 0 Å². The zero-order chi connectivity index (χ0) is 11.5. The lowest BCUT2D eigenvalue weighted by Gasteiger charge is -2.05. The minimum atomic E-state index is 0.742. The standard InChI is InChI=1S/C12H15N3O/c1-3-15-8-11(7-14-15)16-10-4-5-12(13)9(2)6-10/h4-8H,3,13H2,1-2H3.